The van der Waals surface area contributed by atoms with E-state index in [1.165, 1.54) is 6.07 Å². The van der Waals surface area contributed by atoms with Crippen LogP contribution in [-0.4, -0.2) is 11.7 Å². The summed E-state index contributed by atoms with van der Waals surface area (Å²) in [5, 5.41) is 18.0. The summed E-state index contributed by atoms with van der Waals surface area (Å²) in [6, 6.07) is 6.61. The SMILES string of the molecule is CC(C#N)(CCO)c1c(F)cccc1Br. The Morgan fingerprint density at radius 1 is 1.60 bits per heavy atom. The third kappa shape index (κ3) is 2.36. The third-order valence-corrected chi connectivity index (χ3v) is 3.03. The number of nitriles is 1. The molecular formula is C11H11BrFNO. The van der Waals surface area contributed by atoms with Gasteiger partial charge in [0.1, 0.15) is 5.82 Å². The molecule has 0 amide bonds. The van der Waals surface area contributed by atoms with Crippen LogP contribution >= 0.6 is 15.9 Å². The molecule has 4 heteroatoms. The van der Waals surface area contributed by atoms with E-state index < -0.39 is 11.2 Å². The topological polar surface area (TPSA) is 44.0 Å². The van der Waals surface area contributed by atoms with Crippen LogP contribution in [0.25, 0.3) is 0 Å². The molecule has 1 aromatic rings. The van der Waals surface area contributed by atoms with Crippen molar-refractivity contribution in [3.63, 3.8) is 0 Å². The van der Waals surface area contributed by atoms with E-state index in [2.05, 4.69) is 15.9 Å². The first kappa shape index (κ1) is 12.2. The molecule has 0 saturated carbocycles. The van der Waals surface area contributed by atoms with Gasteiger partial charge in [0.25, 0.3) is 0 Å². The van der Waals surface area contributed by atoms with Gasteiger partial charge in [0.15, 0.2) is 0 Å². The van der Waals surface area contributed by atoms with Crippen LogP contribution < -0.4 is 0 Å². The average molecular weight is 272 g/mol. The van der Waals surface area contributed by atoms with Crippen molar-refractivity contribution in [1.82, 2.24) is 0 Å². The van der Waals surface area contributed by atoms with Crippen LogP contribution in [0.1, 0.15) is 18.9 Å². The van der Waals surface area contributed by atoms with Gasteiger partial charge in [0, 0.05) is 16.6 Å². The van der Waals surface area contributed by atoms with Crippen molar-refractivity contribution < 1.29 is 9.50 Å². The molecule has 2 nitrogen and oxygen atoms in total. The first-order valence-electron chi connectivity index (χ1n) is 4.52. The van der Waals surface area contributed by atoms with Crippen LogP contribution in [0.5, 0.6) is 0 Å². The lowest BCUT2D eigenvalue weighted by atomic mass is 9.81. The molecule has 15 heavy (non-hydrogen) atoms. The van der Waals surface area contributed by atoms with Crippen molar-refractivity contribution in [2.75, 3.05) is 6.61 Å². The summed E-state index contributed by atoms with van der Waals surface area (Å²) in [6.45, 7) is 1.47. The Labute approximate surface area is 96.5 Å². The van der Waals surface area contributed by atoms with Gasteiger partial charge in [-0.2, -0.15) is 5.26 Å². The Morgan fingerprint density at radius 2 is 2.27 bits per heavy atom. The van der Waals surface area contributed by atoms with E-state index in [-0.39, 0.29) is 13.0 Å². The maximum atomic E-state index is 13.6. The van der Waals surface area contributed by atoms with Crippen molar-refractivity contribution in [3.8, 4) is 6.07 Å². The molecule has 0 radical (unpaired) electrons. The Bertz CT molecular complexity index is 382. The predicted octanol–water partition coefficient (Wildman–Crippen LogP) is 2.75. The van der Waals surface area contributed by atoms with Crippen molar-refractivity contribution in [2.45, 2.75) is 18.8 Å². The molecule has 0 bridgehead atoms. The number of nitrogens with zero attached hydrogens (tertiary/aromatic N) is 1. The Kier molecular flexibility index (Phi) is 3.83. The van der Waals surface area contributed by atoms with Gasteiger partial charge in [-0.1, -0.05) is 22.0 Å². The molecule has 1 aromatic carbocycles. The number of hydrogen-bond acceptors (Lipinski definition) is 2. The molecule has 1 unspecified atom stereocenters. The maximum absolute atomic E-state index is 13.6. The van der Waals surface area contributed by atoms with Gasteiger partial charge in [-0.15, -0.1) is 0 Å². The number of aliphatic hydroxyl groups excluding tert-OH is 1. The van der Waals surface area contributed by atoms with Crippen LogP contribution in [0.3, 0.4) is 0 Å². The summed E-state index contributed by atoms with van der Waals surface area (Å²) in [5.74, 6) is -0.429. The van der Waals surface area contributed by atoms with Gasteiger partial charge >= 0.3 is 0 Å². The molecule has 0 fully saturated rings. The zero-order valence-electron chi connectivity index (χ0n) is 8.30. The second kappa shape index (κ2) is 4.73. The van der Waals surface area contributed by atoms with Gasteiger partial charge < -0.3 is 5.11 Å². The van der Waals surface area contributed by atoms with Gasteiger partial charge in [0.05, 0.1) is 11.5 Å². The number of halogens is 2. The number of benzene rings is 1. The van der Waals surface area contributed by atoms with Gasteiger partial charge in [-0.05, 0) is 25.5 Å². The van der Waals surface area contributed by atoms with Crippen LogP contribution in [0.4, 0.5) is 4.39 Å². The molecule has 0 aliphatic rings. The minimum atomic E-state index is -1.00. The summed E-state index contributed by atoms with van der Waals surface area (Å²) < 4.78 is 14.1. The van der Waals surface area contributed by atoms with Gasteiger partial charge in [0.2, 0.25) is 0 Å². The van der Waals surface area contributed by atoms with Crippen LogP contribution in [0, 0.1) is 17.1 Å². The smallest absolute Gasteiger partial charge is 0.129 e. The van der Waals surface area contributed by atoms with Crippen molar-refractivity contribution in [3.05, 3.63) is 34.1 Å². The Balaban J connectivity index is 3.30. The fraction of sp³-hybridized carbons (Fsp3) is 0.364. The maximum Gasteiger partial charge on any atom is 0.129 e. The number of hydrogen-bond donors (Lipinski definition) is 1. The van der Waals surface area contributed by atoms with Crippen LogP contribution in [0.15, 0.2) is 22.7 Å². The van der Waals surface area contributed by atoms with Crippen molar-refractivity contribution in [2.24, 2.45) is 0 Å². The van der Waals surface area contributed by atoms with E-state index in [9.17, 15) is 4.39 Å². The summed E-state index contributed by atoms with van der Waals surface area (Å²) >= 11 is 3.22. The Morgan fingerprint density at radius 3 is 2.73 bits per heavy atom. The van der Waals surface area contributed by atoms with E-state index in [4.69, 9.17) is 10.4 Å². The summed E-state index contributed by atoms with van der Waals surface area (Å²) in [6.07, 6.45) is 0.211. The highest BCUT2D eigenvalue weighted by Gasteiger charge is 2.31. The molecule has 0 heterocycles. The lowest BCUT2D eigenvalue weighted by molar-refractivity contribution is 0.262. The number of aliphatic hydroxyl groups is 1. The molecule has 0 aromatic heterocycles. The molecule has 0 spiro atoms. The fourth-order valence-corrected chi connectivity index (χ4v) is 2.26. The normalized spacial score (nSPS) is 14.3. The lowest BCUT2D eigenvalue weighted by Crippen LogP contribution is -2.23. The zero-order chi connectivity index (χ0) is 11.5. The summed E-state index contributed by atoms with van der Waals surface area (Å²) in [4.78, 5) is 0. The lowest BCUT2D eigenvalue weighted by Gasteiger charge is -2.22. The number of rotatable bonds is 3. The molecule has 1 rings (SSSR count). The predicted molar refractivity (Wildman–Crippen MR) is 58.8 cm³/mol. The van der Waals surface area contributed by atoms with Crippen LogP contribution in [0.2, 0.25) is 0 Å². The van der Waals surface area contributed by atoms with Crippen molar-refractivity contribution >= 4 is 15.9 Å². The standard InChI is InChI=1S/C11H11BrFNO/c1-11(7-14,5-6-15)10-8(12)3-2-4-9(10)13/h2-4,15H,5-6H2,1H3. The van der Waals surface area contributed by atoms with E-state index in [0.717, 1.165) is 0 Å². The fourth-order valence-electron chi connectivity index (χ4n) is 1.49. The van der Waals surface area contributed by atoms with Gasteiger partial charge in [-0.25, -0.2) is 4.39 Å². The van der Waals surface area contributed by atoms with Crippen molar-refractivity contribution in [1.29, 1.82) is 5.26 Å². The highest BCUT2D eigenvalue weighted by molar-refractivity contribution is 9.10. The molecule has 0 aliphatic heterocycles. The zero-order valence-corrected chi connectivity index (χ0v) is 9.88. The molecule has 0 aliphatic carbocycles. The van der Waals surface area contributed by atoms with E-state index >= 15 is 0 Å². The van der Waals surface area contributed by atoms with E-state index in [1.807, 2.05) is 6.07 Å². The Hall–Kier alpha value is -0.920. The second-order valence-corrected chi connectivity index (χ2v) is 4.37. The highest BCUT2D eigenvalue weighted by atomic mass is 79.9. The first-order valence-corrected chi connectivity index (χ1v) is 5.31. The molecule has 80 valence electrons. The van der Waals surface area contributed by atoms with E-state index in [1.54, 1.807) is 19.1 Å². The molecule has 1 atom stereocenters. The van der Waals surface area contributed by atoms with Crippen LogP contribution in [-0.2, 0) is 5.41 Å². The largest absolute Gasteiger partial charge is 0.396 e. The highest BCUT2D eigenvalue weighted by Crippen LogP contribution is 2.34. The first-order chi connectivity index (χ1) is 7.05. The molecular weight excluding hydrogens is 261 g/mol. The summed E-state index contributed by atoms with van der Waals surface area (Å²) in [5.41, 5.74) is -0.694. The monoisotopic (exact) mass is 271 g/mol. The minimum Gasteiger partial charge on any atom is -0.396 e. The molecule has 0 saturated heterocycles. The molecule has 1 N–H and O–H groups in total. The third-order valence-electron chi connectivity index (χ3n) is 2.37. The minimum absolute atomic E-state index is 0.148. The average Bonchev–Trinajstić information content (AvgIpc) is 2.18. The summed E-state index contributed by atoms with van der Waals surface area (Å²) in [7, 11) is 0. The quantitative estimate of drug-likeness (QED) is 0.919. The van der Waals surface area contributed by atoms with Gasteiger partial charge in [-0.3, -0.25) is 0 Å². The second-order valence-electron chi connectivity index (χ2n) is 3.51. The van der Waals surface area contributed by atoms with E-state index in [0.29, 0.717) is 10.0 Å².